The Morgan fingerprint density at radius 3 is 2.37 bits per heavy atom. The number of hydrogen-bond acceptors (Lipinski definition) is 3. The lowest BCUT2D eigenvalue weighted by atomic mass is 10.2. The maximum atomic E-state index is 12.1. The minimum absolute atomic E-state index is 0.0759. The second kappa shape index (κ2) is 5.90. The third kappa shape index (κ3) is 3.47. The van der Waals surface area contributed by atoms with E-state index < -0.39 is 9.84 Å². The number of sulfone groups is 1. The van der Waals surface area contributed by atoms with Gasteiger partial charge in [0.2, 0.25) is 0 Å². The maximum absolute atomic E-state index is 12.1. The Morgan fingerprint density at radius 1 is 1.00 bits per heavy atom. The van der Waals surface area contributed by atoms with Crippen molar-refractivity contribution in [3.63, 3.8) is 0 Å². The molecule has 6 heteroatoms. The molecule has 0 radical (unpaired) electrons. The molecule has 0 unspecified atom stereocenters. The summed E-state index contributed by atoms with van der Waals surface area (Å²) in [4.78, 5) is 3.83. The van der Waals surface area contributed by atoms with Crippen LogP contribution in [0.25, 0.3) is 0 Å². The van der Waals surface area contributed by atoms with Crippen LogP contribution < -0.4 is 0 Å². The van der Waals surface area contributed by atoms with E-state index in [1.807, 2.05) is 6.07 Å². The van der Waals surface area contributed by atoms with Crippen LogP contribution in [0, 0.1) is 0 Å². The molecule has 0 saturated carbocycles. The van der Waals surface area contributed by atoms with Crippen molar-refractivity contribution in [2.45, 2.75) is 11.4 Å². The molecule has 0 spiro atoms. The summed E-state index contributed by atoms with van der Waals surface area (Å²) < 4.78 is 24.3. The van der Waals surface area contributed by atoms with Gasteiger partial charge in [0.25, 0.3) is 0 Å². The predicted molar refractivity (Wildman–Crippen MR) is 76.5 cm³/mol. The van der Waals surface area contributed by atoms with Crippen LogP contribution in [-0.4, -0.2) is 19.2 Å². The molecule has 1 aromatic carbocycles. The molecule has 19 heavy (non-hydrogen) atoms. The van der Waals surface area contributed by atoms with Crippen molar-refractivity contribution >= 4 is 33.0 Å². The molecule has 1 aromatic heterocycles. The minimum Gasteiger partial charge on any atom is -0.243 e. The Balaban J connectivity index is 2.20. The summed E-state index contributed by atoms with van der Waals surface area (Å²) in [7, 11) is -3.51. The fourth-order valence-corrected chi connectivity index (χ4v) is 3.62. The monoisotopic (exact) mass is 315 g/mol. The molecule has 2 rings (SSSR count). The highest BCUT2D eigenvalue weighted by Crippen LogP contribution is 2.21. The topological polar surface area (TPSA) is 47.0 Å². The van der Waals surface area contributed by atoms with E-state index in [1.54, 1.807) is 24.3 Å². The number of benzene rings is 1. The molecule has 3 nitrogen and oxygen atoms in total. The van der Waals surface area contributed by atoms with Crippen LogP contribution in [0.2, 0.25) is 10.0 Å². The molecule has 0 aliphatic heterocycles. The third-order valence-corrected chi connectivity index (χ3v) is 5.06. The Morgan fingerprint density at radius 2 is 1.68 bits per heavy atom. The molecule has 0 saturated heterocycles. The quantitative estimate of drug-likeness (QED) is 0.868. The maximum Gasteiger partial charge on any atom is 0.197 e. The summed E-state index contributed by atoms with van der Waals surface area (Å²) in [5, 5.41) is 0.621. The van der Waals surface area contributed by atoms with E-state index in [0.717, 1.165) is 5.56 Å². The van der Waals surface area contributed by atoms with Crippen molar-refractivity contribution in [3.05, 3.63) is 58.2 Å². The molecular formula is C13H11Cl2NO2S. The molecule has 0 amide bonds. The van der Waals surface area contributed by atoms with Crippen molar-refractivity contribution in [1.82, 2.24) is 4.98 Å². The van der Waals surface area contributed by atoms with Gasteiger partial charge in [-0.25, -0.2) is 13.4 Å². The number of halogens is 2. The van der Waals surface area contributed by atoms with E-state index in [4.69, 9.17) is 23.2 Å². The number of pyridine rings is 1. The largest absolute Gasteiger partial charge is 0.243 e. The molecule has 0 aliphatic carbocycles. The molecule has 0 bridgehead atoms. The lowest BCUT2D eigenvalue weighted by molar-refractivity contribution is 0.591. The van der Waals surface area contributed by atoms with E-state index in [-0.39, 0.29) is 15.8 Å². The van der Waals surface area contributed by atoms with Gasteiger partial charge in [-0.05, 0) is 30.2 Å². The summed E-state index contributed by atoms with van der Waals surface area (Å²) >= 11 is 11.8. The first kappa shape index (κ1) is 14.3. The van der Waals surface area contributed by atoms with E-state index in [0.29, 0.717) is 11.4 Å². The lowest BCUT2D eigenvalue weighted by Gasteiger charge is -2.06. The van der Waals surface area contributed by atoms with Gasteiger partial charge in [-0.1, -0.05) is 41.4 Å². The Hall–Kier alpha value is -1.10. The number of hydrogen-bond donors (Lipinski definition) is 0. The number of aryl methyl sites for hydroxylation is 1. The van der Waals surface area contributed by atoms with Crippen molar-refractivity contribution in [2.75, 3.05) is 5.75 Å². The summed E-state index contributed by atoms with van der Waals surface area (Å²) in [6.45, 7) is 0. The van der Waals surface area contributed by atoms with E-state index in [2.05, 4.69) is 4.98 Å². The molecule has 0 aliphatic rings. The van der Waals surface area contributed by atoms with Crippen LogP contribution in [0.3, 0.4) is 0 Å². The highest BCUT2D eigenvalue weighted by atomic mass is 35.5. The van der Waals surface area contributed by atoms with Crippen LogP contribution >= 0.6 is 23.2 Å². The second-order valence-electron chi connectivity index (χ2n) is 3.95. The van der Waals surface area contributed by atoms with Crippen molar-refractivity contribution in [1.29, 1.82) is 0 Å². The van der Waals surface area contributed by atoms with Crippen molar-refractivity contribution in [2.24, 2.45) is 0 Å². The van der Waals surface area contributed by atoms with Gasteiger partial charge in [-0.15, -0.1) is 0 Å². The van der Waals surface area contributed by atoms with Crippen molar-refractivity contribution in [3.8, 4) is 0 Å². The average molecular weight is 316 g/mol. The molecule has 0 atom stereocenters. The van der Waals surface area contributed by atoms with Crippen LogP contribution in [-0.2, 0) is 16.3 Å². The second-order valence-corrected chi connectivity index (χ2v) is 6.79. The number of nitrogens with zero attached hydrogens (tertiary/aromatic N) is 1. The first-order chi connectivity index (χ1) is 9.00. The fourth-order valence-electron chi connectivity index (χ4n) is 1.64. The lowest BCUT2D eigenvalue weighted by Crippen LogP contribution is -2.11. The van der Waals surface area contributed by atoms with E-state index in [9.17, 15) is 8.42 Å². The van der Waals surface area contributed by atoms with Crippen LogP contribution in [0.15, 0.2) is 47.6 Å². The van der Waals surface area contributed by atoms with Gasteiger partial charge in [0, 0.05) is 11.2 Å². The van der Waals surface area contributed by atoms with Crippen LogP contribution in [0.4, 0.5) is 0 Å². The Bertz CT molecular complexity index is 687. The summed E-state index contributed by atoms with van der Waals surface area (Å²) in [5.74, 6) is -0.0759. The molecule has 1 heterocycles. The molecule has 0 N–H and O–H groups in total. The number of rotatable bonds is 4. The normalized spacial score (nSPS) is 11.5. The zero-order valence-electron chi connectivity index (χ0n) is 9.88. The van der Waals surface area contributed by atoms with E-state index >= 15 is 0 Å². The van der Waals surface area contributed by atoms with Crippen LogP contribution in [0.1, 0.15) is 5.56 Å². The van der Waals surface area contributed by atoms with Gasteiger partial charge in [-0.3, -0.25) is 0 Å². The summed E-state index contributed by atoms with van der Waals surface area (Å²) in [5.41, 5.74) is 0.791. The average Bonchev–Trinajstić information content (AvgIpc) is 2.38. The third-order valence-electron chi connectivity index (χ3n) is 2.62. The number of aromatic nitrogens is 1. The van der Waals surface area contributed by atoms with Gasteiger partial charge < -0.3 is 0 Å². The van der Waals surface area contributed by atoms with Gasteiger partial charge in [0.1, 0.15) is 0 Å². The summed E-state index contributed by atoms with van der Waals surface area (Å²) in [6, 6.07) is 10.3. The molecular weight excluding hydrogens is 305 g/mol. The Labute approximate surface area is 122 Å². The van der Waals surface area contributed by atoms with Gasteiger partial charge in [0.15, 0.2) is 14.9 Å². The smallest absolute Gasteiger partial charge is 0.197 e. The Kier molecular flexibility index (Phi) is 4.45. The highest BCUT2D eigenvalue weighted by molar-refractivity contribution is 7.91. The first-order valence-corrected chi connectivity index (χ1v) is 7.98. The van der Waals surface area contributed by atoms with Crippen LogP contribution in [0.5, 0.6) is 0 Å². The molecule has 100 valence electrons. The zero-order valence-corrected chi connectivity index (χ0v) is 12.2. The van der Waals surface area contributed by atoms with Gasteiger partial charge in [0.05, 0.1) is 10.8 Å². The van der Waals surface area contributed by atoms with Crippen molar-refractivity contribution < 1.29 is 8.42 Å². The first-order valence-electron chi connectivity index (χ1n) is 5.57. The summed E-state index contributed by atoms with van der Waals surface area (Å²) in [6.07, 6.45) is 1.74. The zero-order chi connectivity index (χ0) is 13.9. The minimum atomic E-state index is -3.51. The fraction of sp³-hybridized carbons (Fsp3) is 0.154. The van der Waals surface area contributed by atoms with E-state index in [1.165, 1.54) is 12.3 Å². The van der Waals surface area contributed by atoms with Gasteiger partial charge in [-0.2, -0.15) is 0 Å². The predicted octanol–water partition coefficient (Wildman–Crippen LogP) is 3.40. The highest BCUT2D eigenvalue weighted by Gasteiger charge is 2.19. The van der Waals surface area contributed by atoms with Gasteiger partial charge >= 0.3 is 0 Å². The molecule has 2 aromatic rings. The SMILES string of the molecule is O=S(=O)(CCc1ccccc1Cl)c1ncccc1Cl. The molecule has 0 fully saturated rings. The standard InChI is InChI=1S/C13H11Cl2NO2S/c14-11-5-2-1-4-10(11)7-9-19(17,18)13-12(15)6-3-8-16-13/h1-6,8H,7,9H2.